The topological polar surface area (TPSA) is 75.6 Å². The van der Waals surface area contributed by atoms with Crippen molar-refractivity contribution in [3.05, 3.63) is 35.9 Å². The maximum atomic E-state index is 11.6. The van der Waals surface area contributed by atoms with Gasteiger partial charge in [-0.05, 0) is 12.0 Å². The average Bonchev–Trinajstić information content (AvgIpc) is 2.37. The number of carboxylic acid groups (broad SMARTS) is 1. The maximum Gasteiger partial charge on any atom is 0.330 e. The van der Waals surface area contributed by atoms with Crippen molar-refractivity contribution >= 4 is 11.9 Å². The van der Waals surface area contributed by atoms with Gasteiger partial charge in [0.2, 0.25) is 5.91 Å². The summed E-state index contributed by atoms with van der Waals surface area (Å²) in [5, 5.41) is 11.6. The minimum absolute atomic E-state index is 0.254. The molecule has 5 heteroatoms. The van der Waals surface area contributed by atoms with Gasteiger partial charge in [0.25, 0.3) is 0 Å². The van der Waals surface area contributed by atoms with Crippen LogP contribution in [0.25, 0.3) is 0 Å². The van der Waals surface area contributed by atoms with Gasteiger partial charge in [-0.2, -0.15) is 0 Å². The van der Waals surface area contributed by atoms with Crippen LogP contribution in [0.5, 0.6) is 0 Å². The van der Waals surface area contributed by atoms with Crippen LogP contribution in [0.3, 0.4) is 0 Å². The molecule has 1 aromatic rings. The number of nitrogens with one attached hydrogen (secondary N) is 1. The molecule has 1 aromatic carbocycles. The van der Waals surface area contributed by atoms with E-state index in [1.165, 1.54) is 0 Å². The SMILES string of the molecule is COCCCC(=O)N[C@@H](C(=O)O)c1ccccc1. The molecule has 18 heavy (non-hydrogen) atoms. The van der Waals surface area contributed by atoms with E-state index in [0.717, 1.165) is 0 Å². The summed E-state index contributed by atoms with van der Waals surface area (Å²) in [5.74, 6) is -1.36. The van der Waals surface area contributed by atoms with Crippen molar-refractivity contribution in [2.75, 3.05) is 13.7 Å². The summed E-state index contributed by atoms with van der Waals surface area (Å²) in [4.78, 5) is 22.7. The van der Waals surface area contributed by atoms with Crippen LogP contribution >= 0.6 is 0 Å². The fourth-order valence-electron chi connectivity index (χ4n) is 1.54. The van der Waals surface area contributed by atoms with Gasteiger partial charge in [-0.15, -0.1) is 0 Å². The van der Waals surface area contributed by atoms with Crippen LogP contribution in [-0.4, -0.2) is 30.7 Å². The lowest BCUT2D eigenvalue weighted by Gasteiger charge is -2.14. The number of amides is 1. The molecule has 0 heterocycles. The molecule has 5 nitrogen and oxygen atoms in total. The molecule has 1 rings (SSSR count). The minimum atomic E-state index is -1.07. The van der Waals surface area contributed by atoms with Crippen molar-refractivity contribution in [2.24, 2.45) is 0 Å². The Morgan fingerprint density at radius 1 is 1.33 bits per heavy atom. The second-order valence-electron chi connectivity index (χ2n) is 3.85. The van der Waals surface area contributed by atoms with E-state index in [0.29, 0.717) is 18.6 Å². The van der Waals surface area contributed by atoms with Gasteiger partial charge >= 0.3 is 5.97 Å². The van der Waals surface area contributed by atoms with Crippen LogP contribution < -0.4 is 5.32 Å². The van der Waals surface area contributed by atoms with Gasteiger partial charge in [-0.3, -0.25) is 4.79 Å². The second kappa shape index (κ2) is 7.45. The number of hydrogen-bond acceptors (Lipinski definition) is 3. The third kappa shape index (κ3) is 4.55. The van der Waals surface area contributed by atoms with E-state index in [1.807, 2.05) is 0 Å². The van der Waals surface area contributed by atoms with E-state index < -0.39 is 12.0 Å². The van der Waals surface area contributed by atoms with E-state index in [4.69, 9.17) is 9.84 Å². The van der Waals surface area contributed by atoms with E-state index in [9.17, 15) is 9.59 Å². The number of aliphatic carboxylic acids is 1. The third-order valence-electron chi connectivity index (χ3n) is 2.44. The standard InChI is InChI=1S/C13H17NO4/c1-18-9-5-8-11(15)14-12(13(16)17)10-6-3-2-4-7-10/h2-4,6-7,12H,5,8-9H2,1H3,(H,14,15)(H,16,17)/t12-/m1/s1. The summed E-state index contributed by atoms with van der Waals surface area (Å²) < 4.78 is 4.83. The molecule has 0 saturated heterocycles. The van der Waals surface area contributed by atoms with Crippen molar-refractivity contribution in [2.45, 2.75) is 18.9 Å². The number of carboxylic acids is 1. The zero-order chi connectivity index (χ0) is 13.4. The van der Waals surface area contributed by atoms with Gasteiger partial charge in [-0.25, -0.2) is 4.79 Å². The second-order valence-corrected chi connectivity index (χ2v) is 3.85. The van der Waals surface area contributed by atoms with Crippen molar-refractivity contribution in [1.29, 1.82) is 0 Å². The predicted octanol–water partition coefficient (Wildman–Crippen LogP) is 1.36. The Morgan fingerprint density at radius 2 is 2.00 bits per heavy atom. The fraction of sp³-hybridized carbons (Fsp3) is 0.385. The monoisotopic (exact) mass is 251 g/mol. The number of hydrogen-bond donors (Lipinski definition) is 2. The molecular weight excluding hydrogens is 234 g/mol. The molecule has 2 N–H and O–H groups in total. The van der Waals surface area contributed by atoms with Crippen LogP contribution in [0, 0.1) is 0 Å². The Kier molecular flexibility index (Phi) is 5.87. The van der Waals surface area contributed by atoms with Gasteiger partial charge in [0.1, 0.15) is 0 Å². The molecule has 1 atom stereocenters. The van der Waals surface area contributed by atoms with Crippen molar-refractivity contribution in [3.8, 4) is 0 Å². The number of rotatable bonds is 7. The minimum Gasteiger partial charge on any atom is -0.479 e. The summed E-state index contributed by atoms with van der Waals surface area (Å²) in [6, 6.07) is 7.62. The Balaban J connectivity index is 2.59. The molecule has 0 aliphatic carbocycles. The first-order valence-electron chi connectivity index (χ1n) is 5.71. The summed E-state index contributed by atoms with van der Waals surface area (Å²) >= 11 is 0. The Bertz CT molecular complexity index is 391. The summed E-state index contributed by atoms with van der Waals surface area (Å²) in [5.41, 5.74) is 0.560. The number of benzene rings is 1. The molecule has 0 aliphatic heterocycles. The molecular formula is C13H17NO4. The first kappa shape index (κ1) is 14.2. The zero-order valence-electron chi connectivity index (χ0n) is 10.3. The van der Waals surface area contributed by atoms with E-state index in [2.05, 4.69) is 5.32 Å². The Morgan fingerprint density at radius 3 is 2.56 bits per heavy atom. The summed E-state index contributed by atoms with van der Waals surface area (Å²) in [7, 11) is 1.56. The molecule has 0 radical (unpaired) electrons. The highest BCUT2D eigenvalue weighted by Crippen LogP contribution is 2.12. The molecule has 0 unspecified atom stereocenters. The number of methoxy groups -OCH3 is 1. The molecule has 0 fully saturated rings. The van der Waals surface area contributed by atoms with E-state index in [-0.39, 0.29) is 12.3 Å². The lowest BCUT2D eigenvalue weighted by molar-refractivity contribution is -0.142. The van der Waals surface area contributed by atoms with Gasteiger partial charge in [-0.1, -0.05) is 30.3 Å². The lowest BCUT2D eigenvalue weighted by Crippen LogP contribution is -2.33. The summed E-state index contributed by atoms with van der Waals surface area (Å²) in [6.45, 7) is 0.483. The van der Waals surface area contributed by atoms with Crippen LogP contribution in [-0.2, 0) is 14.3 Å². The van der Waals surface area contributed by atoms with Crippen molar-refractivity contribution in [1.82, 2.24) is 5.32 Å². The highest BCUT2D eigenvalue weighted by atomic mass is 16.5. The van der Waals surface area contributed by atoms with E-state index in [1.54, 1.807) is 37.4 Å². The molecule has 0 aromatic heterocycles. The molecule has 0 bridgehead atoms. The molecule has 0 aliphatic rings. The maximum absolute atomic E-state index is 11.6. The van der Waals surface area contributed by atoms with Crippen molar-refractivity contribution in [3.63, 3.8) is 0 Å². The molecule has 98 valence electrons. The highest BCUT2D eigenvalue weighted by molar-refractivity contribution is 5.84. The number of carbonyl (C=O) groups is 2. The largest absolute Gasteiger partial charge is 0.479 e. The van der Waals surface area contributed by atoms with Crippen LogP contribution in [0.2, 0.25) is 0 Å². The molecule has 0 spiro atoms. The first-order chi connectivity index (χ1) is 8.65. The smallest absolute Gasteiger partial charge is 0.330 e. The van der Waals surface area contributed by atoms with Gasteiger partial charge in [0.05, 0.1) is 0 Å². The first-order valence-corrected chi connectivity index (χ1v) is 5.71. The van der Waals surface area contributed by atoms with E-state index >= 15 is 0 Å². The number of carbonyl (C=O) groups excluding carboxylic acids is 1. The number of ether oxygens (including phenoxy) is 1. The normalized spacial score (nSPS) is 11.8. The summed E-state index contributed by atoms with van der Waals surface area (Å²) in [6.07, 6.45) is 0.827. The Labute approximate surface area is 106 Å². The fourth-order valence-corrected chi connectivity index (χ4v) is 1.54. The van der Waals surface area contributed by atoms with Gasteiger partial charge in [0, 0.05) is 20.1 Å². The quantitative estimate of drug-likeness (QED) is 0.717. The van der Waals surface area contributed by atoms with Crippen LogP contribution in [0.15, 0.2) is 30.3 Å². The predicted molar refractivity (Wildman–Crippen MR) is 66.1 cm³/mol. The molecule has 0 saturated carbocycles. The van der Waals surface area contributed by atoms with Crippen LogP contribution in [0.4, 0.5) is 0 Å². The zero-order valence-corrected chi connectivity index (χ0v) is 10.3. The highest BCUT2D eigenvalue weighted by Gasteiger charge is 2.21. The third-order valence-corrected chi connectivity index (χ3v) is 2.44. The van der Waals surface area contributed by atoms with Crippen molar-refractivity contribution < 1.29 is 19.4 Å². The Hall–Kier alpha value is -1.88. The lowest BCUT2D eigenvalue weighted by atomic mass is 10.1. The molecule has 1 amide bonds. The van der Waals surface area contributed by atoms with Crippen LogP contribution in [0.1, 0.15) is 24.4 Å². The van der Waals surface area contributed by atoms with Gasteiger partial charge < -0.3 is 15.2 Å². The van der Waals surface area contributed by atoms with Gasteiger partial charge in [0.15, 0.2) is 6.04 Å². The average molecular weight is 251 g/mol.